The Hall–Kier alpha value is -0.170. The molecule has 0 aliphatic heterocycles. The molecule has 0 spiro atoms. The smallest absolute Gasteiger partial charge is 0.394 e. The maximum absolute atomic E-state index is 8.74. The summed E-state index contributed by atoms with van der Waals surface area (Å²) in [5.74, 6) is 0. The number of unbranched alkanes of at least 4 members (excludes halogenated alkanes) is 11. The molecule has 0 heterocycles. The minimum absolute atomic E-state index is 0.372. The molecule has 5 nitrogen and oxygen atoms in total. The van der Waals surface area contributed by atoms with Gasteiger partial charge in [-0.05, 0) is 6.42 Å². The molecule has 0 aromatic heterocycles. The Morgan fingerprint density at radius 1 is 0.650 bits per heavy atom. The number of aliphatic hydroxyl groups is 1. The minimum Gasteiger partial charge on any atom is -0.396 e. The lowest BCUT2D eigenvalue weighted by Crippen LogP contribution is -1.89. The van der Waals surface area contributed by atoms with Gasteiger partial charge in [-0.15, -0.1) is 0 Å². The topological polar surface area (TPSA) is 94.8 Å². The zero-order valence-corrected chi connectivity index (χ0v) is 13.6. The van der Waals surface area contributed by atoms with Gasteiger partial charge in [0.2, 0.25) is 0 Å². The van der Waals surface area contributed by atoms with Crippen molar-refractivity contribution in [2.24, 2.45) is 0 Å². The SMILES string of the molecule is CCCCCCCCCCCCCCO.O=S(=O)(O)O. The highest BCUT2D eigenvalue weighted by atomic mass is 32.3. The van der Waals surface area contributed by atoms with E-state index in [1.54, 1.807) is 0 Å². The van der Waals surface area contributed by atoms with Crippen LogP contribution in [0.5, 0.6) is 0 Å². The normalized spacial score (nSPS) is 11.0. The number of hydrogen-bond acceptors (Lipinski definition) is 3. The lowest BCUT2D eigenvalue weighted by atomic mass is 10.1. The van der Waals surface area contributed by atoms with Crippen molar-refractivity contribution in [1.82, 2.24) is 0 Å². The third-order valence-corrected chi connectivity index (χ3v) is 3.01. The van der Waals surface area contributed by atoms with Gasteiger partial charge in [0.15, 0.2) is 0 Å². The molecule has 20 heavy (non-hydrogen) atoms. The number of aliphatic hydroxyl groups excluding tert-OH is 1. The summed E-state index contributed by atoms with van der Waals surface area (Å²) in [6.07, 6.45) is 16.2. The lowest BCUT2D eigenvalue weighted by Gasteiger charge is -2.01. The first-order valence-corrected chi connectivity index (χ1v) is 9.12. The third kappa shape index (κ3) is 36.1. The predicted octanol–water partition coefficient (Wildman–Crippen LogP) is 4.03. The molecule has 3 N–H and O–H groups in total. The summed E-state index contributed by atoms with van der Waals surface area (Å²) in [4.78, 5) is 0. The van der Waals surface area contributed by atoms with Crippen molar-refractivity contribution in [3.05, 3.63) is 0 Å². The minimum atomic E-state index is -4.67. The van der Waals surface area contributed by atoms with Gasteiger partial charge in [0, 0.05) is 6.61 Å². The molecule has 0 radical (unpaired) electrons. The molecule has 0 fully saturated rings. The second kappa shape index (κ2) is 16.9. The van der Waals surface area contributed by atoms with Crippen LogP contribution >= 0.6 is 0 Å². The Labute approximate surface area is 124 Å². The second-order valence-corrected chi connectivity index (χ2v) is 5.96. The van der Waals surface area contributed by atoms with E-state index in [1.807, 2.05) is 0 Å². The first-order chi connectivity index (χ1) is 9.41. The highest BCUT2D eigenvalue weighted by Crippen LogP contribution is 2.11. The van der Waals surface area contributed by atoms with Crippen molar-refractivity contribution >= 4 is 10.4 Å². The van der Waals surface area contributed by atoms with Gasteiger partial charge >= 0.3 is 10.4 Å². The van der Waals surface area contributed by atoms with E-state index in [4.69, 9.17) is 22.6 Å². The van der Waals surface area contributed by atoms with Crippen LogP contribution in [0.4, 0.5) is 0 Å². The summed E-state index contributed by atoms with van der Waals surface area (Å²) in [5, 5.41) is 8.61. The van der Waals surface area contributed by atoms with Gasteiger partial charge in [0.1, 0.15) is 0 Å². The Kier molecular flexibility index (Phi) is 18.7. The van der Waals surface area contributed by atoms with Crippen LogP contribution in [0.2, 0.25) is 0 Å². The fraction of sp³-hybridized carbons (Fsp3) is 1.00. The second-order valence-electron chi connectivity index (χ2n) is 5.06. The van der Waals surface area contributed by atoms with Gasteiger partial charge < -0.3 is 5.11 Å². The molecule has 6 heteroatoms. The molecule has 0 aromatic rings. The Morgan fingerprint density at radius 3 is 1.15 bits per heavy atom. The van der Waals surface area contributed by atoms with Crippen LogP contribution in [0.25, 0.3) is 0 Å². The van der Waals surface area contributed by atoms with Crippen LogP contribution in [0, 0.1) is 0 Å². The highest BCUT2D eigenvalue weighted by Gasteiger charge is 1.92. The molecule has 124 valence electrons. The van der Waals surface area contributed by atoms with Crippen molar-refractivity contribution < 1.29 is 22.6 Å². The lowest BCUT2D eigenvalue weighted by molar-refractivity contribution is 0.282. The van der Waals surface area contributed by atoms with Crippen molar-refractivity contribution in [2.45, 2.75) is 84.0 Å². The Bertz CT molecular complexity index is 245. The maximum Gasteiger partial charge on any atom is 0.394 e. The highest BCUT2D eigenvalue weighted by molar-refractivity contribution is 7.79. The Morgan fingerprint density at radius 2 is 0.900 bits per heavy atom. The molecular weight excluding hydrogens is 280 g/mol. The molecule has 0 saturated heterocycles. The Balaban J connectivity index is 0. The molecular formula is C14H32O5S. The molecule has 0 aromatic carbocycles. The molecule has 0 aliphatic rings. The van der Waals surface area contributed by atoms with Crippen molar-refractivity contribution in [1.29, 1.82) is 0 Å². The van der Waals surface area contributed by atoms with Crippen LogP contribution in [0.3, 0.4) is 0 Å². The van der Waals surface area contributed by atoms with E-state index in [9.17, 15) is 0 Å². The predicted molar refractivity (Wildman–Crippen MR) is 82.3 cm³/mol. The molecule has 0 unspecified atom stereocenters. The van der Waals surface area contributed by atoms with Gasteiger partial charge in [0.25, 0.3) is 0 Å². The largest absolute Gasteiger partial charge is 0.396 e. The van der Waals surface area contributed by atoms with E-state index in [0.29, 0.717) is 6.61 Å². The first kappa shape index (κ1) is 22.1. The fourth-order valence-corrected chi connectivity index (χ4v) is 1.95. The van der Waals surface area contributed by atoms with Gasteiger partial charge in [-0.1, -0.05) is 77.6 Å². The van der Waals surface area contributed by atoms with Crippen LogP contribution < -0.4 is 0 Å². The van der Waals surface area contributed by atoms with Gasteiger partial charge in [-0.25, -0.2) is 0 Å². The average molecular weight is 312 g/mol. The number of hydrogen-bond donors (Lipinski definition) is 3. The molecule has 0 atom stereocenters. The van der Waals surface area contributed by atoms with Crippen LogP contribution in [-0.2, 0) is 10.4 Å². The summed E-state index contributed by atoms with van der Waals surface area (Å²) >= 11 is 0. The van der Waals surface area contributed by atoms with Crippen molar-refractivity contribution in [3.63, 3.8) is 0 Å². The van der Waals surface area contributed by atoms with E-state index < -0.39 is 10.4 Å². The van der Waals surface area contributed by atoms with Crippen molar-refractivity contribution in [2.75, 3.05) is 6.61 Å². The van der Waals surface area contributed by atoms with E-state index >= 15 is 0 Å². The van der Waals surface area contributed by atoms with Crippen LogP contribution in [-0.4, -0.2) is 29.2 Å². The van der Waals surface area contributed by atoms with Gasteiger partial charge in [0.05, 0.1) is 0 Å². The molecule has 0 amide bonds. The zero-order chi connectivity index (χ0) is 15.7. The monoisotopic (exact) mass is 312 g/mol. The van der Waals surface area contributed by atoms with E-state index in [1.165, 1.54) is 70.6 Å². The summed E-state index contributed by atoms with van der Waals surface area (Å²) in [7, 11) is -4.67. The third-order valence-electron chi connectivity index (χ3n) is 3.01. The standard InChI is InChI=1S/C14H30O.H2O4S/c1-2-3-4-5-6-7-8-9-10-11-12-13-14-15;1-5(2,3)4/h15H,2-14H2,1H3;(H2,1,2,3,4). The van der Waals surface area contributed by atoms with E-state index in [0.717, 1.165) is 6.42 Å². The van der Waals surface area contributed by atoms with Gasteiger partial charge in [-0.2, -0.15) is 8.42 Å². The van der Waals surface area contributed by atoms with Gasteiger partial charge in [-0.3, -0.25) is 9.11 Å². The molecule has 0 bridgehead atoms. The first-order valence-electron chi connectivity index (χ1n) is 7.72. The molecule has 0 saturated carbocycles. The quantitative estimate of drug-likeness (QED) is 0.373. The van der Waals surface area contributed by atoms with Crippen molar-refractivity contribution in [3.8, 4) is 0 Å². The molecule has 0 aliphatic carbocycles. The maximum atomic E-state index is 8.74. The van der Waals surface area contributed by atoms with E-state index in [2.05, 4.69) is 6.92 Å². The summed E-state index contributed by atoms with van der Waals surface area (Å²) < 4.78 is 31.6. The van der Waals surface area contributed by atoms with E-state index in [-0.39, 0.29) is 0 Å². The average Bonchev–Trinajstić information content (AvgIpc) is 2.34. The zero-order valence-electron chi connectivity index (χ0n) is 12.8. The fourth-order valence-electron chi connectivity index (χ4n) is 1.95. The summed E-state index contributed by atoms with van der Waals surface area (Å²) in [5.41, 5.74) is 0. The van der Waals surface area contributed by atoms with Crippen LogP contribution in [0.15, 0.2) is 0 Å². The summed E-state index contributed by atoms with van der Waals surface area (Å²) in [6, 6.07) is 0. The number of rotatable bonds is 12. The van der Waals surface area contributed by atoms with Crippen LogP contribution in [0.1, 0.15) is 84.0 Å². The molecule has 0 rings (SSSR count). The summed E-state index contributed by atoms with van der Waals surface area (Å²) in [6.45, 7) is 2.64.